The smallest absolute Gasteiger partial charge is 0.264 e. The van der Waals surface area contributed by atoms with Crippen molar-refractivity contribution >= 4 is 38.0 Å². The van der Waals surface area contributed by atoms with E-state index < -0.39 is 0 Å². The van der Waals surface area contributed by atoms with Crippen molar-refractivity contribution in [2.75, 3.05) is 26.7 Å². The maximum Gasteiger partial charge on any atom is 0.264 e. The molecule has 1 amide bonds. The number of fused-ring (bicyclic) bond motifs is 1. The number of likely N-dealkylation sites (tertiary alicyclic amines) is 1. The van der Waals surface area contributed by atoms with E-state index in [-0.39, 0.29) is 5.91 Å². The molecule has 1 unspecified atom stereocenters. The third kappa shape index (κ3) is 2.68. The lowest BCUT2D eigenvalue weighted by Gasteiger charge is -2.32. The summed E-state index contributed by atoms with van der Waals surface area (Å²) in [5.41, 5.74) is 0. The van der Waals surface area contributed by atoms with Gasteiger partial charge in [-0.2, -0.15) is 0 Å². The van der Waals surface area contributed by atoms with Gasteiger partial charge in [0.25, 0.3) is 5.91 Å². The molecular formula is C14H18N2OS2. The predicted octanol–water partition coefficient (Wildman–Crippen LogP) is 3.03. The van der Waals surface area contributed by atoms with E-state index in [4.69, 9.17) is 0 Å². The van der Waals surface area contributed by atoms with Gasteiger partial charge in [-0.05, 0) is 49.9 Å². The molecule has 1 N–H and O–H groups in total. The number of amides is 1. The Kier molecular flexibility index (Phi) is 3.86. The first-order chi connectivity index (χ1) is 9.28. The van der Waals surface area contributed by atoms with Gasteiger partial charge < -0.3 is 10.2 Å². The monoisotopic (exact) mass is 294 g/mol. The molecule has 0 spiro atoms. The number of nitrogens with zero attached hydrogens (tertiary/aromatic N) is 1. The Labute approximate surface area is 121 Å². The first-order valence-corrected chi connectivity index (χ1v) is 8.38. The minimum absolute atomic E-state index is 0.217. The summed E-state index contributed by atoms with van der Waals surface area (Å²) in [6.07, 6.45) is 2.35. The highest BCUT2D eigenvalue weighted by Gasteiger charge is 2.25. The van der Waals surface area contributed by atoms with Crippen LogP contribution in [0.4, 0.5) is 0 Å². The zero-order chi connectivity index (χ0) is 13.2. The maximum atomic E-state index is 12.5. The van der Waals surface area contributed by atoms with Crippen molar-refractivity contribution in [1.29, 1.82) is 0 Å². The molecule has 102 valence electrons. The van der Waals surface area contributed by atoms with Crippen LogP contribution < -0.4 is 5.32 Å². The van der Waals surface area contributed by atoms with Crippen LogP contribution in [-0.4, -0.2) is 37.5 Å². The van der Waals surface area contributed by atoms with E-state index in [1.54, 1.807) is 22.7 Å². The third-order valence-corrected chi connectivity index (χ3v) is 5.73. The van der Waals surface area contributed by atoms with Crippen molar-refractivity contribution < 1.29 is 4.79 Å². The van der Waals surface area contributed by atoms with Gasteiger partial charge in [0.15, 0.2) is 0 Å². The summed E-state index contributed by atoms with van der Waals surface area (Å²) in [5, 5.41) is 5.30. The molecule has 1 saturated heterocycles. The fourth-order valence-corrected chi connectivity index (χ4v) is 4.81. The zero-order valence-corrected chi connectivity index (χ0v) is 12.6. The maximum absolute atomic E-state index is 12.5. The molecule has 0 radical (unpaired) electrons. The van der Waals surface area contributed by atoms with E-state index in [9.17, 15) is 4.79 Å². The summed E-state index contributed by atoms with van der Waals surface area (Å²) in [7, 11) is 1.98. The van der Waals surface area contributed by atoms with Gasteiger partial charge in [0.1, 0.15) is 0 Å². The highest BCUT2D eigenvalue weighted by Crippen LogP contribution is 2.31. The highest BCUT2D eigenvalue weighted by atomic mass is 32.1. The Morgan fingerprint density at radius 1 is 1.53 bits per heavy atom. The number of thiophene rings is 2. The molecular weight excluding hydrogens is 276 g/mol. The second-order valence-electron chi connectivity index (χ2n) is 5.08. The summed E-state index contributed by atoms with van der Waals surface area (Å²) < 4.78 is 2.47. The topological polar surface area (TPSA) is 32.3 Å². The molecule has 1 aliphatic rings. The highest BCUT2D eigenvalue weighted by molar-refractivity contribution is 7.27. The predicted molar refractivity (Wildman–Crippen MR) is 82.3 cm³/mol. The van der Waals surface area contributed by atoms with Crippen molar-refractivity contribution in [2.24, 2.45) is 5.92 Å². The van der Waals surface area contributed by atoms with Crippen molar-refractivity contribution in [3.63, 3.8) is 0 Å². The Bertz CT molecular complexity index is 544. The second kappa shape index (κ2) is 5.61. The number of rotatable bonds is 3. The number of piperidine rings is 1. The molecule has 2 aromatic heterocycles. The summed E-state index contributed by atoms with van der Waals surface area (Å²) in [5.74, 6) is 0.818. The molecule has 0 aliphatic carbocycles. The quantitative estimate of drug-likeness (QED) is 0.943. The average molecular weight is 294 g/mol. The molecule has 3 nitrogen and oxygen atoms in total. The molecule has 19 heavy (non-hydrogen) atoms. The van der Waals surface area contributed by atoms with Gasteiger partial charge in [-0.15, -0.1) is 22.7 Å². The van der Waals surface area contributed by atoms with Crippen molar-refractivity contribution in [3.05, 3.63) is 22.4 Å². The van der Waals surface area contributed by atoms with E-state index in [1.165, 1.54) is 15.8 Å². The van der Waals surface area contributed by atoms with Crippen LogP contribution in [0.15, 0.2) is 17.5 Å². The normalized spacial score (nSPS) is 20.1. The molecule has 5 heteroatoms. The van der Waals surface area contributed by atoms with Gasteiger partial charge in [0.05, 0.1) is 4.88 Å². The Morgan fingerprint density at radius 3 is 3.21 bits per heavy atom. The molecule has 1 aliphatic heterocycles. The van der Waals surface area contributed by atoms with E-state index >= 15 is 0 Å². The summed E-state index contributed by atoms with van der Waals surface area (Å²) in [4.78, 5) is 15.5. The fraction of sp³-hybridized carbons (Fsp3) is 0.500. The largest absolute Gasteiger partial charge is 0.338 e. The lowest BCUT2D eigenvalue weighted by molar-refractivity contribution is 0.0679. The van der Waals surface area contributed by atoms with Crippen LogP contribution in [0.5, 0.6) is 0 Å². The molecule has 0 aromatic carbocycles. The molecule has 3 heterocycles. The second-order valence-corrected chi connectivity index (χ2v) is 7.11. The minimum Gasteiger partial charge on any atom is -0.338 e. The van der Waals surface area contributed by atoms with Crippen LogP contribution in [0.1, 0.15) is 22.5 Å². The van der Waals surface area contributed by atoms with Crippen LogP contribution in [0.3, 0.4) is 0 Å². The van der Waals surface area contributed by atoms with Crippen LogP contribution in [0, 0.1) is 5.92 Å². The van der Waals surface area contributed by atoms with Gasteiger partial charge >= 0.3 is 0 Å². The molecule has 0 bridgehead atoms. The minimum atomic E-state index is 0.217. The van der Waals surface area contributed by atoms with Crippen LogP contribution in [-0.2, 0) is 0 Å². The van der Waals surface area contributed by atoms with Crippen molar-refractivity contribution in [2.45, 2.75) is 12.8 Å². The van der Waals surface area contributed by atoms with Gasteiger partial charge in [0, 0.05) is 22.5 Å². The van der Waals surface area contributed by atoms with Gasteiger partial charge in [-0.3, -0.25) is 4.79 Å². The van der Waals surface area contributed by atoms with E-state index in [1.807, 2.05) is 11.9 Å². The van der Waals surface area contributed by atoms with Gasteiger partial charge in [0.2, 0.25) is 0 Å². The van der Waals surface area contributed by atoms with Crippen LogP contribution >= 0.6 is 22.7 Å². The zero-order valence-electron chi connectivity index (χ0n) is 11.0. The lowest BCUT2D eigenvalue weighted by Crippen LogP contribution is -2.42. The lowest BCUT2D eigenvalue weighted by atomic mass is 9.98. The van der Waals surface area contributed by atoms with E-state index in [2.05, 4.69) is 22.8 Å². The van der Waals surface area contributed by atoms with E-state index in [0.717, 1.165) is 30.9 Å². The number of hydrogen-bond donors (Lipinski definition) is 1. The average Bonchev–Trinajstić information content (AvgIpc) is 2.99. The first kappa shape index (κ1) is 13.1. The Morgan fingerprint density at radius 2 is 2.42 bits per heavy atom. The number of nitrogens with one attached hydrogen (secondary N) is 1. The van der Waals surface area contributed by atoms with Crippen LogP contribution in [0.25, 0.3) is 9.40 Å². The first-order valence-electron chi connectivity index (χ1n) is 6.69. The molecule has 2 aromatic rings. The summed E-state index contributed by atoms with van der Waals surface area (Å²) >= 11 is 3.33. The molecule has 3 rings (SSSR count). The Balaban J connectivity index is 1.74. The number of hydrogen-bond acceptors (Lipinski definition) is 4. The number of carbonyl (C=O) groups excluding carboxylic acids is 1. The number of carbonyl (C=O) groups is 1. The van der Waals surface area contributed by atoms with Crippen LogP contribution in [0.2, 0.25) is 0 Å². The Hall–Kier alpha value is -0.910. The van der Waals surface area contributed by atoms with Crippen molar-refractivity contribution in [3.8, 4) is 0 Å². The van der Waals surface area contributed by atoms with Gasteiger partial charge in [-0.1, -0.05) is 0 Å². The molecule has 0 saturated carbocycles. The van der Waals surface area contributed by atoms with Crippen molar-refractivity contribution in [1.82, 2.24) is 10.2 Å². The third-order valence-electron chi connectivity index (χ3n) is 3.65. The SMILES string of the molecule is CNCC1CCCN(C(=O)c2cc3sccc3s2)C1. The standard InChI is InChI=1S/C14H18N2OS2/c1-15-8-10-3-2-5-16(9-10)14(17)13-7-12-11(19-13)4-6-18-12/h4,6-7,10,15H,2-3,5,8-9H2,1H3. The summed E-state index contributed by atoms with van der Waals surface area (Å²) in [6, 6.07) is 4.15. The van der Waals surface area contributed by atoms with Gasteiger partial charge in [-0.25, -0.2) is 0 Å². The fourth-order valence-electron chi connectivity index (χ4n) is 2.73. The molecule has 1 atom stereocenters. The van der Waals surface area contributed by atoms with E-state index in [0.29, 0.717) is 5.92 Å². The summed E-state index contributed by atoms with van der Waals surface area (Å²) in [6.45, 7) is 2.80. The molecule has 1 fully saturated rings.